The number of benzene rings is 3. The highest BCUT2D eigenvalue weighted by Crippen LogP contribution is 2.67. The molecule has 3 aromatic carbocycles. The molecule has 3 heterocycles. The average molecular weight is 572 g/mol. The van der Waals surface area contributed by atoms with E-state index < -0.39 is 35.6 Å². The molecule has 1 saturated carbocycles. The third kappa shape index (κ3) is 3.64. The zero-order valence-corrected chi connectivity index (χ0v) is 22.7. The summed E-state index contributed by atoms with van der Waals surface area (Å²) in [5.41, 5.74) is -0.851. The van der Waals surface area contributed by atoms with E-state index in [0.717, 1.165) is 0 Å². The molecular weight excluding hydrogens is 541 g/mol. The second kappa shape index (κ2) is 9.51. The molecule has 9 nitrogen and oxygen atoms in total. The summed E-state index contributed by atoms with van der Waals surface area (Å²) < 4.78 is 26.8. The van der Waals surface area contributed by atoms with Crippen molar-refractivity contribution < 1.29 is 34.0 Å². The average Bonchev–Trinajstić information content (AvgIpc) is 3.36. The number of urea groups is 1. The van der Waals surface area contributed by atoms with Gasteiger partial charge in [0.05, 0.1) is 44.5 Å². The molecule has 0 unspecified atom stereocenters. The number of aliphatic hydroxyl groups excluding tert-OH is 2. The highest BCUT2D eigenvalue weighted by atomic mass is 19.1. The van der Waals surface area contributed by atoms with Crippen molar-refractivity contribution in [2.24, 2.45) is 5.41 Å². The Bertz CT molecular complexity index is 1610. The standard InChI is InChI=1S/C32H30FN3O6/c1-34-24-7-5-22(6-8-24)32-25(20-3-2-4-23(33)11-20)12-27(35-29(39)36-15-30(16-36)17-41-18-30)31(32,40)28-21(14-38)9-19(13-37)10-26(28)42-32/h2-11,25,27,37-38,40H,12-18H2,(H,35,39)/t25-,27-,31+,32-/m0/s1. The quantitative estimate of drug-likeness (QED) is 0.349. The van der Waals surface area contributed by atoms with Gasteiger partial charge in [-0.3, -0.25) is 0 Å². The molecule has 42 heavy (non-hydrogen) atoms. The van der Waals surface area contributed by atoms with E-state index in [1.807, 2.05) is 0 Å². The number of carbonyl (C=O) groups is 1. The van der Waals surface area contributed by atoms with Crippen molar-refractivity contribution in [3.8, 4) is 5.75 Å². The monoisotopic (exact) mass is 571 g/mol. The van der Waals surface area contributed by atoms with Gasteiger partial charge in [0.1, 0.15) is 11.6 Å². The fourth-order valence-corrected chi connectivity index (χ4v) is 7.49. The van der Waals surface area contributed by atoms with Crippen LogP contribution in [0.25, 0.3) is 4.85 Å². The number of hydrogen-bond acceptors (Lipinski definition) is 6. The highest BCUT2D eigenvalue weighted by Gasteiger charge is 2.73. The molecule has 1 spiro atoms. The van der Waals surface area contributed by atoms with E-state index in [-0.39, 0.29) is 30.2 Å². The van der Waals surface area contributed by atoms with Gasteiger partial charge in [-0.05, 0) is 46.9 Å². The number of rotatable bonds is 5. The van der Waals surface area contributed by atoms with Crippen LogP contribution in [0.15, 0.2) is 60.7 Å². The summed E-state index contributed by atoms with van der Waals surface area (Å²) in [6, 6.07) is 14.8. The Morgan fingerprint density at radius 1 is 1.10 bits per heavy atom. The molecule has 0 aromatic heterocycles. The highest BCUT2D eigenvalue weighted by molar-refractivity contribution is 5.77. The molecule has 2 amide bonds. The molecule has 2 saturated heterocycles. The number of nitrogens with one attached hydrogen (secondary N) is 1. The van der Waals surface area contributed by atoms with Crippen molar-refractivity contribution in [2.45, 2.75) is 42.8 Å². The van der Waals surface area contributed by atoms with E-state index in [0.29, 0.717) is 59.8 Å². The first-order valence-corrected chi connectivity index (χ1v) is 13.9. The predicted octanol–water partition coefficient (Wildman–Crippen LogP) is 3.43. The van der Waals surface area contributed by atoms with Crippen LogP contribution >= 0.6 is 0 Å². The van der Waals surface area contributed by atoms with Crippen LogP contribution in [0.2, 0.25) is 0 Å². The molecular formula is C32H30FN3O6. The topological polar surface area (TPSA) is 116 Å². The summed E-state index contributed by atoms with van der Waals surface area (Å²) in [4.78, 5) is 18.8. The van der Waals surface area contributed by atoms with E-state index in [4.69, 9.17) is 16.0 Å². The molecule has 0 bridgehead atoms. The lowest BCUT2D eigenvalue weighted by Crippen LogP contribution is -2.69. The number of carbonyl (C=O) groups excluding carboxylic acids is 1. The summed E-state index contributed by atoms with van der Waals surface area (Å²) in [5, 5.41) is 36.6. The zero-order chi connectivity index (χ0) is 29.3. The molecule has 216 valence electrons. The van der Waals surface area contributed by atoms with Crippen molar-refractivity contribution in [1.29, 1.82) is 0 Å². The maximum Gasteiger partial charge on any atom is 0.317 e. The maximum absolute atomic E-state index is 14.7. The molecule has 1 aliphatic carbocycles. The van der Waals surface area contributed by atoms with Crippen molar-refractivity contribution in [2.75, 3.05) is 26.3 Å². The Labute approximate surface area is 241 Å². The van der Waals surface area contributed by atoms with Gasteiger partial charge in [-0.1, -0.05) is 42.5 Å². The molecule has 4 N–H and O–H groups in total. The van der Waals surface area contributed by atoms with Crippen LogP contribution in [-0.4, -0.2) is 58.6 Å². The minimum Gasteiger partial charge on any atom is -0.478 e. The summed E-state index contributed by atoms with van der Waals surface area (Å²) >= 11 is 0. The van der Waals surface area contributed by atoms with Crippen LogP contribution in [0, 0.1) is 17.8 Å². The number of nitrogens with zero attached hydrogens (tertiary/aromatic N) is 2. The molecule has 3 aromatic rings. The van der Waals surface area contributed by atoms with Crippen LogP contribution in [0.4, 0.5) is 14.9 Å². The second-order valence-corrected chi connectivity index (χ2v) is 11.9. The SMILES string of the molecule is [C-]#[N+]c1ccc([C@@]23Oc4cc(CO)cc(CO)c4[C@]2(O)[C@@H](NC(=O)N2CC4(COC4)C2)C[C@H]3c2cccc(F)c2)cc1. The molecule has 3 aliphatic heterocycles. The van der Waals surface area contributed by atoms with Crippen LogP contribution < -0.4 is 10.1 Å². The van der Waals surface area contributed by atoms with E-state index in [1.165, 1.54) is 12.1 Å². The number of ether oxygens (including phenoxy) is 2. The maximum atomic E-state index is 14.7. The molecule has 4 aliphatic rings. The van der Waals surface area contributed by atoms with Gasteiger partial charge in [0.25, 0.3) is 0 Å². The Hall–Kier alpha value is -4.01. The normalized spacial score (nSPS) is 28.2. The van der Waals surface area contributed by atoms with Crippen LogP contribution in [0.1, 0.15) is 40.2 Å². The van der Waals surface area contributed by atoms with Gasteiger partial charge in [0, 0.05) is 24.6 Å². The van der Waals surface area contributed by atoms with Gasteiger partial charge in [0.15, 0.2) is 16.9 Å². The van der Waals surface area contributed by atoms with E-state index in [1.54, 1.807) is 53.4 Å². The summed E-state index contributed by atoms with van der Waals surface area (Å²) in [6.07, 6.45) is 0.199. The lowest BCUT2D eigenvalue weighted by atomic mass is 9.70. The second-order valence-electron chi connectivity index (χ2n) is 11.9. The first-order chi connectivity index (χ1) is 20.3. The zero-order valence-electron chi connectivity index (χ0n) is 22.7. The molecule has 0 radical (unpaired) electrons. The molecule has 3 fully saturated rings. The summed E-state index contributed by atoms with van der Waals surface area (Å²) in [6.45, 7) is 8.98. The van der Waals surface area contributed by atoms with Crippen molar-refractivity contribution >= 4 is 11.7 Å². The first-order valence-electron chi connectivity index (χ1n) is 13.9. The Balaban J connectivity index is 1.41. The van der Waals surface area contributed by atoms with Gasteiger partial charge >= 0.3 is 6.03 Å². The van der Waals surface area contributed by atoms with Gasteiger partial charge in [-0.2, -0.15) is 0 Å². The lowest BCUT2D eigenvalue weighted by Gasteiger charge is -2.55. The smallest absolute Gasteiger partial charge is 0.317 e. The van der Waals surface area contributed by atoms with E-state index in [9.17, 15) is 24.5 Å². The number of fused-ring (bicyclic) bond motifs is 3. The number of likely N-dealkylation sites (tertiary alicyclic amines) is 1. The lowest BCUT2D eigenvalue weighted by molar-refractivity contribution is -0.175. The van der Waals surface area contributed by atoms with Gasteiger partial charge in [0.2, 0.25) is 0 Å². The van der Waals surface area contributed by atoms with Crippen LogP contribution in [0.5, 0.6) is 5.75 Å². The largest absolute Gasteiger partial charge is 0.478 e. The van der Waals surface area contributed by atoms with Crippen molar-refractivity contribution in [1.82, 2.24) is 10.2 Å². The van der Waals surface area contributed by atoms with E-state index >= 15 is 0 Å². The van der Waals surface area contributed by atoms with E-state index in [2.05, 4.69) is 10.2 Å². The predicted molar refractivity (Wildman–Crippen MR) is 148 cm³/mol. The Morgan fingerprint density at radius 2 is 1.86 bits per heavy atom. The summed E-state index contributed by atoms with van der Waals surface area (Å²) in [7, 11) is 0. The third-order valence-electron chi connectivity index (χ3n) is 9.41. The Morgan fingerprint density at radius 3 is 2.48 bits per heavy atom. The van der Waals surface area contributed by atoms with Crippen LogP contribution in [0.3, 0.4) is 0 Å². The number of aliphatic hydroxyl groups is 3. The van der Waals surface area contributed by atoms with Crippen molar-refractivity contribution in [3.63, 3.8) is 0 Å². The summed E-state index contributed by atoms with van der Waals surface area (Å²) in [5.74, 6) is -0.844. The van der Waals surface area contributed by atoms with Crippen LogP contribution in [-0.2, 0) is 29.2 Å². The number of halogens is 1. The fourth-order valence-electron chi connectivity index (χ4n) is 7.49. The van der Waals surface area contributed by atoms with Crippen molar-refractivity contribution in [3.05, 3.63) is 106 Å². The minimum atomic E-state index is -1.91. The molecule has 7 rings (SSSR count). The molecule has 4 atom stereocenters. The number of amides is 2. The molecule has 10 heteroatoms. The number of hydrogen-bond donors (Lipinski definition) is 4. The first kappa shape index (κ1) is 26.9. The fraction of sp³-hybridized carbons (Fsp3) is 0.375. The minimum absolute atomic E-state index is 0.00372. The van der Waals surface area contributed by atoms with Gasteiger partial charge < -0.3 is 35.0 Å². The third-order valence-corrected chi connectivity index (χ3v) is 9.41. The van der Waals surface area contributed by atoms with Gasteiger partial charge in [-0.25, -0.2) is 14.0 Å². The van der Waals surface area contributed by atoms with Gasteiger partial charge in [-0.15, -0.1) is 0 Å². The Kier molecular flexibility index (Phi) is 6.08.